The van der Waals surface area contributed by atoms with Gasteiger partial charge in [-0.3, -0.25) is 0 Å². The molecule has 124 valence electrons. The first kappa shape index (κ1) is 16.7. The zero-order chi connectivity index (χ0) is 17.5. The van der Waals surface area contributed by atoms with E-state index in [1.807, 2.05) is 54.6 Å². The Morgan fingerprint density at radius 1 is 0.960 bits per heavy atom. The number of aromatic nitrogens is 3. The molecule has 0 aliphatic carbocycles. The van der Waals surface area contributed by atoms with E-state index >= 15 is 0 Å². The number of rotatable bonds is 6. The Morgan fingerprint density at radius 2 is 1.72 bits per heavy atom. The molecule has 0 aliphatic rings. The first-order chi connectivity index (χ1) is 12.2. The van der Waals surface area contributed by atoms with Crippen LogP contribution in [0.15, 0.2) is 54.6 Å². The summed E-state index contributed by atoms with van der Waals surface area (Å²) in [6.07, 6.45) is 0. The summed E-state index contributed by atoms with van der Waals surface area (Å²) in [5, 5.41) is 12.2. The van der Waals surface area contributed by atoms with Gasteiger partial charge < -0.3 is 11.1 Å². The van der Waals surface area contributed by atoms with Gasteiger partial charge in [0.25, 0.3) is 0 Å². The lowest BCUT2D eigenvalue weighted by Gasteiger charge is -2.07. The molecule has 0 amide bonds. The van der Waals surface area contributed by atoms with Crippen LogP contribution in [0.3, 0.4) is 0 Å². The number of nitriles is 1. The van der Waals surface area contributed by atoms with Gasteiger partial charge in [-0.2, -0.15) is 20.2 Å². The van der Waals surface area contributed by atoms with Crippen LogP contribution in [0.2, 0.25) is 0 Å². The van der Waals surface area contributed by atoms with Crippen LogP contribution in [0.25, 0.3) is 0 Å². The minimum Gasteiger partial charge on any atom is -0.368 e. The highest BCUT2D eigenvalue weighted by molar-refractivity contribution is 7.97. The molecule has 2 aromatic carbocycles. The molecule has 0 radical (unpaired) electrons. The van der Waals surface area contributed by atoms with Gasteiger partial charge in [0.1, 0.15) is 5.82 Å². The number of nitrogen functional groups attached to an aromatic ring is 1. The van der Waals surface area contributed by atoms with Gasteiger partial charge in [-0.05, 0) is 23.8 Å². The Kier molecular flexibility index (Phi) is 5.44. The molecule has 0 atom stereocenters. The van der Waals surface area contributed by atoms with Crippen LogP contribution in [-0.4, -0.2) is 15.0 Å². The van der Waals surface area contributed by atoms with Crippen LogP contribution in [0, 0.1) is 11.3 Å². The fourth-order valence-electron chi connectivity index (χ4n) is 2.22. The van der Waals surface area contributed by atoms with Crippen molar-refractivity contribution in [2.45, 2.75) is 11.5 Å². The van der Waals surface area contributed by atoms with Gasteiger partial charge in [-0.15, -0.1) is 11.8 Å². The molecule has 0 unspecified atom stereocenters. The third-order valence-electron chi connectivity index (χ3n) is 3.36. The van der Waals surface area contributed by atoms with Gasteiger partial charge in [0, 0.05) is 11.4 Å². The minimum absolute atomic E-state index is 0.182. The average Bonchev–Trinajstić information content (AvgIpc) is 2.62. The van der Waals surface area contributed by atoms with Gasteiger partial charge in [0.2, 0.25) is 11.9 Å². The second-order valence-corrected chi connectivity index (χ2v) is 6.17. The molecule has 3 aromatic rings. The maximum Gasteiger partial charge on any atom is 0.232 e. The highest BCUT2D eigenvalue weighted by Gasteiger charge is 2.07. The summed E-state index contributed by atoms with van der Waals surface area (Å²) >= 11 is 1.63. The van der Waals surface area contributed by atoms with Gasteiger partial charge in [0.15, 0.2) is 0 Å². The molecule has 6 nitrogen and oxygen atoms in total. The lowest BCUT2D eigenvalue weighted by atomic mass is 10.1. The Labute approximate surface area is 150 Å². The third-order valence-corrected chi connectivity index (χ3v) is 4.33. The average molecular weight is 348 g/mol. The van der Waals surface area contributed by atoms with Crippen molar-refractivity contribution in [2.75, 3.05) is 11.1 Å². The zero-order valence-electron chi connectivity index (χ0n) is 13.4. The zero-order valence-corrected chi connectivity index (χ0v) is 14.2. The van der Waals surface area contributed by atoms with Crippen LogP contribution in [0.5, 0.6) is 0 Å². The maximum atomic E-state index is 9.13. The fourth-order valence-corrected chi connectivity index (χ4v) is 3.10. The normalized spacial score (nSPS) is 10.2. The van der Waals surface area contributed by atoms with Crippen molar-refractivity contribution >= 4 is 29.3 Å². The number of nitrogens with zero attached hydrogens (tertiary/aromatic N) is 4. The van der Waals surface area contributed by atoms with E-state index in [9.17, 15) is 0 Å². The number of hydrogen-bond acceptors (Lipinski definition) is 7. The van der Waals surface area contributed by atoms with Crippen molar-refractivity contribution in [3.05, 3.63) is 71.5 Å². The summed E-state index contributed by atoms with van der Waals surface area (Å²) in [5.41, 5.74) is 8.36. The summed E-state index contributed by atoms with van der Waals surface area (Å²) < 4.78 is 0. The van der Waals surface area contributed by atoms with Crippen LogP contribution in [0.4, 0.5) is 17.6 Å². The number of benzene rings is 2. The van der Waals surface area contributed by atoms with E-state index in [1.54, 1.807) is 11.8 Å². The molecular formula is C18H16N6S. The van der Waals surface area contributed by atoms with Crippen LogP contribution in [-0.2, 0) is 11.5 Å². The summed E-state index contributed by atoms with van der Waals surface area (Å²) in [4.78, 5) is 12.7. The maximum absolute atomic E-state index is 9.13. The van der Waals surface area contributed by atoms with E-state index in [0.29, 0.717) is 28.8 Å². The molecule has 0 saturated heterocycles. The molecule has 0 bridgehead atoms. The summed E-state index contributed by atoms with van der Waals surface area (Å²) in [6, 6.07) is 19.4. The van der Waals surface area contributed by atoms with E-state index in [-0.39, 0.29) is 5.95 Å². The van der Waals surface area contributed by atoms with Crippen molar-refractivity contribution in [3.8, 4) is 6.07 Å². The Hall–Kier alpha value is -3.11. The molecular weight excluding hydrogens is 332 g/mol. The molecule has 7 heteroatoms. The SMILES string of the molecule is N#Cc1ccccc1CSCc1nc(N)nc(Nc2ccccc2)n1. The van der Waals surface area contributed by atoms with Crippen molar-refractivity contribution in [1.82, 2.24) is 15.0 Å². The molecule has 0 spiro atoms. The number of thioether (sulfide) groups is 1. The fraction of sp³-hybridized carbons (Fsp3) is 0.111. The van der Waals surface area contributed by atoms with E-state index in [4.69, 9.17) is 11.0 Å². The van der Waals surface area contributed by atoms with Crippen LogP contribution in [0.1, 0.15) is 17.0 Å². The quantitative estimate of drug-likeness (QED) is 0.703. The van der Waals surface area contributed by atoms with Crippen molar-refractivity contribution < 1.29 is 0 Å². The molecule has 0 fully saturated rings. The predicted molar refractivity (Wildman–Crippen MR) is 100 cm³/mol. The van der Waals surface area contributed by atoms with Gasteiger partial charge in [0.05, 0.1) is 17.4 Å². The second kappa shape index (κ2) is 8.13. The Balaban J connectivity index is 1.66. The molecule has 1 heterocycles. The molecule has 0 saturated carbocycles. The van der Waals surface area contributed by atoms with Gasteiger partial charge in [-0.25, -0.2) is 0 Å². The van der Waals surface area contributed by atoms with Crippen molar-refractivity contribution in [3.63, 3.8) is 0 Å². The van der Waals surface area contributed by atoms with Crippen LogP contribution >= 0.6 is 11.8 Å². The Morgan fingerprint density at radius 3 is 2.52 bits per heavy atom. The number of para-hydroxylation sites is 1. The van der Waals surface area contributed by atoms with E-state index < -0.39 is 0 Å². The topological polar surface area (TPSA) is 101 Å². The van der Waals surface area contributed by atoms with Gasteiger partial charge >= 0.3 is 0 Å². The number of anilines is 3. The monoisotopic (exact) mass is 348 g/mol. The first-order valence-electron chi connectivity index (χ1n) is 7.63. The minimum atomic E-state index is 0.182. The molecule has 3 N–H and O–H groups in total. The highest BCUT2D eigenvalue weighted by Crippen LogP contribution is 2.20. The largest absolute Gasteiger partial charge is 0.368 e. The van der Waals surface area contributed by atoms with Crippen LogP contribution < -0.4 is 11.1 Å². The number of hydrogen-bond donors (Lipinski definition) is 2. The van der Waals surface area contributed by atoms with E-state index in [2.05, 4.69) is 26.3 Å². The number of nitrogens with one attached hydrogen (secondary N) is 1. The second-order valence-electron chi connectivity index (χ2n) is 5.19. The highest BCUT2D eigenvalue weighted by atomic mass is 32.2. The number of nitrogens with two attached hydrogens (primary N) is 1. The van der Waals surface area contributed by atoms with E-state index in [0.717, 1.165) is 11.3 Å². The Bertz CT molecular complexity index is 892. The third kappa shape index (κ3) is 4.68. The lowest BCUT2D eigenvalue weighted by molar-refractivity contribution is 0.982. The van der Waals surface area contributed by atoms with Gasteiger partial charge in [-0.1, -0.05) is 36.4 Å². The lowest BCUT2D eigenvalue weighted by Crippen LogP contribution is -2.06. The molecule has 0 aliphatic heterocycles. The molecule has 3 rings (SSSR count). The summed E-state index contributed by atoms with van der Waals surface area (Å²) in [7, 11) is 0. The smallest absolute Gasteiger partial charge is 0.232 e. The predicted octanol–water partition coefficient (Wildman–Crippen LogP) is 3.50. The summed E-state index contributed by atoms with van der Waals surface area (Å²) in [6.45, 7) is 0. The van der Waals surface area contributed by atoms with Crippen molar-refractivity contribution in [1.29, 1.82) is 5.26 Å². The first-order valence-corrected chi connectivity index (χ1v) is 8.78. The van der Waals surface area contributed by atoms with Crippen molar-refractivity contribution in [2.24, 2.45) is 0 Å². The van der Waals surface area contributed by atoms with E-state index in [1.165, 1.54) is 0 Å². The molecule has 1 aromatic heterocycles. The standard InChI is InChI=1S/C18H16N6S/c19-10-13-6-4-5-7-14(13)11-25-12-16-22-17(20)24-18(23-16)21-15-8-2-1-3-9-15/h1-9H,11-12H2,(H3,20,21,22,23,24). The molecule has 25 heavy (non-hydrogen) atoms. The summed E-state index contributed by atoms with van der Waals surface area (Å²) in [5.74, 6) is 2.49.